The van der Waals surface area contributed by atoms with Crippen LogP contribution in [0, 0.1) is 0 Å². The topological polar surface area (TPSA) is 39.4 Å². The molecule has 0 amide bonds. The molecule has 1 aliphatic rings. The summed E-state index contributed by atoms with van der Waals surface area (Å²) in [5.74, 6) is 0. The third-order valence-corrected chi connectivity index (χ3v) is 4.86. The fraction of sp³-hybridized carbons (Fsp3) is 0.294. The number of aromatic nitrogens is 3. The maximum Gasteiger partial charge on any atom is 0.155 e. The van der Waals surface area contributed by atoms with Crippen molar-refractivity contribution < 1.29 is 4.74 Å². The Morgan fingerprint density at radius 1 is 1.27 bits per heavy atom. The minimum Gasteiger partial charge on any atom is -0.381 e. The molecule has 1 saturated carbocycles. The summed E-state index contributed by atoms with van der Waals surface area (Å²) in [5.41, 5.74) is 3.03. The Labute approximate surface area is 133 Å². The number of rotatable bonds is 3. The highest BCUT2D eigenvalue weighted by atomic mass is 35.5. The van der Waals surface area contributed by atoms with Crippen molar-refractivity contribution in [3.8, 4) is 0 Å². The monoisotopic (exact) mass is 313 g/mol. The van der Waals surface area contributed by atoms with Crippen LogP contribution in [0.15, 0.2) is 48.8 Å². The van der Waals surface area contributed by atoms with Gasteiger partial charge in [0.25, 0.3) is 0 Å². The molecule has 1 aromatic carbocycles. The molecular weight excluding hydrogens is 298 g/mol. The first-order valence-electron chi connectivity index (χ1n) is 7.31. The number of ether oxygens (including phenoxy) is 1. The Morgan fingerprint density at radius 3 is 2.73 bits per heavy atom. The molecule has 5 heteroatoms. The zero-order valence-corrected chi connectivity index (χ0v) is 13.0. The van der Waals surface area contributed by atoms with Crippen LogP contribution in [0.5, 0.6) is 0 Å². The summed E-state index contributed by atoms with van der Waals surface area (Å²) < 4.78 is 7.33. The summed E-state index contributed by atoms with van der Waals surface area (Å²) in [6.07, 6.45) is 5.83. The molecule has 1 fully saturated rings. The van der Waals surface area contributed by atoms with Crippen molar-refractivity contribution in [2.45, 2.75) is 24.4 Å². The lowest BCUT2D eigenvalue weighted by atomic mass is 9.61. The fourth-order valence-electron chi connectivity index (χ4n) is 3.31. The van der Waals surface area contributed by atoms with Crippen LogP contribution < -0.4 is 0 Å². The van der Waals surface area contributed by atoms with Crippen LogP contribution in [-0.2, 0) is 10.2 Å². The van der Waals surface area contributed by atoms with Crippen molar-refractivity contribution in [1.82, 2.24) is 14.6 Å². The summed E-state index contributed by atoms with van der Waals surface area (Å²) >= 11 is 6.03. The Balaban J connectivity index is 1.82. The van der Waals surface area contributed by atoms with Gasteiger partial charge in [0.2, 0.25) is 0 Å². The summed E-state index contributed by atoms with van der Waals surface area (Å²) in [7, 11) is 1.77. The third-order valence-electron chi connectivity index (χ3n) is 4.61. The van der Waals surface area contributed by atoms with Crippen LogP contribution in [0.25, 0.3) is 5.65 Å². The minimum atomic E-state index is -0.112. The molecule has 2 heterocycles. The van der Waals surface area contributed by atoms with Crippen LogP contribution in [0.1, 0.15) is 24.1 Å². The fourth-order valence-corrected chi connectivity index (χ4v) is 3.44. The summed E-state index contributed by atoms with van der Waals surface area (Å²) in [5, 5.41) is 5.49. The third kappa shape index (κ3) is 2.02. The molecule has 4 rings (SSSR count). The number of nitrogens with zero attached hydrogens (tertiary/aromatic N) is 3. The second-order valence-corrected chi connectivity index (χ2v) is 6.24. The van der Waals surface area contributed by atoms with Gasteiger partial charge in [-0.1, -0.05) is 23.7 Å². The predicted octanol–water partition coefficient (Wildman–Crippen LogP) is 3.48. The highest BCUT2D eigenvalue weighted by Gasteiger charge is 2.49. The molecule has 0 spiro atoms. The van der Waals surface area contributed by atoms with Crippen molar-refractivity contribution >= 4 is 17.2 Å². The highest BCUT2D eigenvalue weighted by Crippen LogP contribution is 2.49. The van der Waals surface area contributed by atoms with E-state index in [1.54, 1.807) is 13.3 Å². The van der Waals surface area contributed by atoms with Crippen LogP contribution in [0.2, 0.25) is 5.02 Å². The normalized spacial score (nSPS) is 24.4. The first kappa shape index (κ1) is 13.7. The van der Waals surface area contributed by atoms with Crippen LogP contribution in [0.4, 0.5) is 0 Å². The Morgan fingerprint density at radius 2 is 2.05 bits per heavy atom. The Bertz CT molecular complexity index is 773. The molecule has 0 atom stereocenters. The van der Waals surface area contributed by atoms with E-state index >= 15 is 0 Å². The van der Waals surface area contributed by atoms with E-state index < -0.39 is 0 Å². The van der Waals surface area contributed by atoms with Gasteiger partial charge in [-0.15, -0.1) is 0 Å². The van der Waals surface area contributed by atoms with Gasteiger partial charge in [0.05, 0.1) is 11.8 Å². The zero-order valence-electron chi connectivity index (χ0n) is 12.2. The molecule has 22 heavy (non-hydrogen) atoms. The lowest BCUT2D eigenvalue weighted by molar-refractivity contribution is -0.00449. The minimum absolute atomic E-state index is 0.112. The summed E-state index contributed by atoms with van der Waals surface area (Å²) in [4.78, 5) is 4.37. The van der Waals surface area contributed by atoms with Gasteiger partial charge in [0, 0.05) is 36.0 Å². The average molecular weight is 314 g/mol. The number of fused-ring (bicyclic) bond motifs is 1. The Hall–Kier alpha value is -1.91. The second-order valence-electron chi connectivity index (χ2n) is 5.81. The number of benzene rings is 1. The van der Waals surface area contributed by atoms with E-state index in [1.165, 1.54) is 5.56 Å². The van der Waals surface area contributed by atoms with E-state index in [1.807, 2.05) is 28.9 Å². The molecule has 0 aliphatic heterocycles. The predicted molar refractivity (Wildman–Crippen MR) is 85.3 cm³/mol. The maximum atomic E-state index is 6.03. The quantitative estimate of drug-likeness (QED) is 0.743. The van der Waals surface area contributed by atoms with Gasteiger partial charge >= 0.3 is 0 Å². The second kappa shape index (κ2) is 5.07. The van der Waals surface area contributed by atoms with Crippen molar-refractivity contribution in [3.05, 3.63) is 65.1 Å². The molecule has 0 bridgehead atoms. The number of hydrogen-bond donors (Lipinski definition) is 0. The van der Waals surface area contributed by atoms with Gasteiger partial charge in [-0.2, -0.15) is 5.10 Å². The van der Waals surface area contributed by atoms with Gasteiger partial charge in [0.1, 0.15) is 0 Å². The number of methoxy groups -OCH3 is 1. The van der Waals surface area contributed by atoms with Crippen LogP contribution in [-0.4, -0.2) is 27.8 Å². The molecule has 2 aromatic heterocycles. The molecule has 1 aliphatic carbocycles. The van der Waals surface area contributed by atoms with Crippen LogP contribution >= 0.6 is 11.6 Å². The zero-order chi connectivity index (χ0) is 15.2. The standard InChI is InChI=1S/C17H16ClN3O/c1-22-14-10-17(11-14,12-3-5-13(18)6-4-12)15-9-16-19-7-2-8-21(16)20-15/h2-9,14H,10-11H2,1H3. The summed E-state index contributed by atoms with van der Waals surface area (Å²) in [6, 6.07) is 12.0. The molecule has 4 nitrogen and oxygen atoms in total. The lowest BCUT2D eigenvalue weighted by Crippen LogP contribution is -2.46. The smallest absolute Gasteiger partial charge is 0.155 e. The van der Waals surface area contributed by atoms with E-state index in [-0.39, 0.29) is 11.5 Å². The molecule has 0 N–H and O–H groups in total. The van der Waals surface area contributed by atoms with Crippen molar-refractivity contribution in [1.29, 1.82) is 0 Å². The van der Waals surface area contributed by atoms with Gasteiger partial charge in [-0.3, -0.25) is 0 Å². The average Bonchev–Trinajstić information content (AvgIpc) is 2.92. The van der Waals surface area contributed by atoms with Gasteiger partial charge in [-0.05, 0) is 36.6 Å². The van der Waals surface area contributed by atoms with Gasteiger partial charge < -0.3 is 4.74 Å². The molecule has 0 saturated heterocycles. The first-order valence-corrected chi connectivity index (χ1v) is 7.69. The SMILES string of the molecule is COC1CC(c2ccc(Cl)cc2)(c2cc3ncccn3n2)C1. The lowest BCUT2D eigenvalue weighted by Gasteiger charge is -2.46. The largest absolute Gasteiger partial charge is 0.381 e. The maximum absolute atomic E-state index is 6.03. The summed E-state index contributed by atoms with van der Waals surface area (Å²) in [6.45, 7) is 0. The van der Waals surface area contributed by atoms with E-state index in [0.717, 1.165) is 29.2 Å². The van der Waals surface area contributed by atoms with Crippen molar-refractivity contribution in [3.63, 3.8) is 0 Å². The number of hydrogen-bond acceptors (Lipinski definition) is 3. The molecule has 0 radical (unpaired) electrons. The highest BCUT2D eigenvalue weighted by molar-refractivity contribution is 6.30. The molecule has 0 unspecified atom stereocenters. The van der Waals surface area contributed by atoms with Gasteiger partial charge in [-0.25, -0.2) is 9.50 Å². The van der Waals surface area contributed by atoms with E-state index in [2.05, 4.69) is 23.2 Å². The van der Waals surface area contributed by atoms with E-state index in [9.17, 15) is 0 Å². The van der Waals surface area contributed by atoms with Crippen LogP contribution in [0.3, 0.4) is 0 Å². The Kier molecular flexibility index (Phi) is 3.17. The first-order chi connectivity index (χ1) is 10.7. The van der Waals surface area contributed by atoms with Gasteiger partial charge in [0.15, 0.2) is 5.65 Å². The van der Waals surface area contributed by atoms with E-state index in [4.69, 9.17) is 21.4 Å². The van der Waals surface area contributed by atoms with E-state index in [0.29, 0.717) is 0 Å². The molecule has 112 valence electrons. The molecule has 3 aromatic rings. The van der Waals surface area contributed by atoms with Crippen molar-refractivity contribution in [2.24, 2.45) is 0 Å². The number of halogens is 1. The van der Waals surface area contributed by atoms with Crippen molar-refractivity contribution in [2.75, 3.05) is 7.11 Å². The molecular formula is C17H16ClN3O.